The molecule has 0 unspecified atom stereocenters. The quantitative estimate of drug-likeness (QED) is 0.288. The van der Waals surface area contributed by atoms with Crippen molar-refractivity contribution in [2.24, 2.45) is 0 Å². The van der Waals surface area contributed by atoms with Crippen LogP contribution in [0, 0.1) is 0 Å². The zero-order valence-corrected chi connectivity index (χ0v) is 9.99. The Labute approximate surface area is 105 Å². The van der Waals surface area contributed by atoms with E-state index in [0.717, 1.165) is 0 Å². The van der Waals surface area contributed by atoms with Crippen molar-refractivity contribution in [3.63, 3.8) is 0 Å². The number of hydrogen-bond acceptors (Lipinski definition) is 5. The van der Waals surface area contributed by atoms with E-state index in [4.69, 9.17) is 24.5 Å². The van der Waals surface area contributed by atoms with Gasteiger partial charge in [0.25, 0.3) is 0 Å². The molecule has 92 valence electrons. The molecule has 5 N–H and O–H groups in total. The Hall–Kier alpha value is 1.47. The van der Waals surface area contributed by atoms with E-state index in [2.05, 4.69) is 8.62 Å². The molecule has 0 rings (SSSR count). The van der Waals surface area contributed by atoms with Gasteiger partial charge in [0.1, 0.15) is 0 Å². The summed E-state index contributed by atoms with van der Waals surface area (Å²) in [4.78, 5) is 40.2. The second kappa shape index (κ2) is 7.03. The third kappa shape index (κ3) is 15.5. The van der Waals surface area contributed by atoms with Crippen LogP contribution in [0.3, 0.4) is 0 Å². The Morgan fingerprint density at radius 3 is 1.07 bits per heavy atom. The summed E-state index contributed by atoms with van der Waals surface area (Å²) in [7, 11) is -16.2. The Morgan fingerprint density at radius 2 is 0.933 bits per heavy atom. The normalized spacial score (nSPS) is 12.6. The van der Waals surface area contributed by atoms with Gasteiger partial charge in [0.2, 0.25) is 0 Å². The first-order valence-electron chi connectivity index (χ1n) is 2.28. The number of rotatable bonds is 4. The molecule has 0 heterocycles. The predicted molar refractivity (Wildman–Crippen MR) is 46.0 cm³/mol. The van der Waals surface area contributed by atoms with E-state index in [0.29, 0.717) is 0 Å². The van der Waals surface area contributed by atoms with E-state index in [1.165, 1.54) is 0 Å². The van der Waals surface area contributed by atoms with Crippen molar-refractivity contribution in [2.75, 3.05) is 0 Å². The SMILES string of the molecule is O=P(O)(O)OP(=O)(O)OP(=O)(O)O.[AlH3].[Cr]. The smallest absolute Gasteiger partial charge is 0.302 e. The van der Waals surface area contributed by atoms with E-state index in [9.17, 15) is 13.7 Å². The van der Waals surface area contributed by atoms with Crippen LogP contribution in [-0.2, 0) is 39.7 Å². The molecular weight excluding hydrogens is 332 g/mol. The molecule has 15 heteroatoms. The molecule has 10 nitrogen and oxygen atoms in total. The van der Waals surface area contributed by atoms with Gasteiger partial charge in [-0.05, 0) is 0 Å². The van der Waals surface area contributed by atoms with Crippen LogP contribution in [0.5, 0.6) is 0 Å². The minimum atomic E-state index is -5.46. The van der Waals surface area contributed by atoms with Crippen molar-refractivity contribution in [3.05, 3.63) is 0 Å². The molecule has 0 aromatic heterocycles. The summed E-state index contributed by atoms with van der Waals surface area (Å²) in [5.74, 6) is 0. The van der Waals surface area contributed by atoms with E-state index in [1.54, 1.807) is 0 Å². The molecule has 0 saturated carbocycles. The molecule has 0 spiro atoms. The van der Waals surface area contributed by atoms with Crippen molar-refractivity contribution in [1.29, 1.82) is 0 Å². The van der Waals surface area contributed by atoms with Gasteiger partial charge in [0, 0.05) is 17.4 Å². The van der Waals surface area contributed by atoms with Gasteiger partial charge in [0.15, 0.2) is 17.4 Å². The Kier molecular flexibility index (Phi) is 10.2. The minimum absolute atomic E-state index is 0. The summed E-state index contributed by atoms with van der Waals surface area (Å²) in [5.41, 5.74) is 0. The maximum absolute atomic E-state index is 10.4. The fourth-order valence-electron chi connectivity index (χ4n) is 0.284. The van der Waals surface area contributed by atoms with Gasteiger partial charge in [-0.25, -0.2) is 13.7 Å². The van der Waals surface area contributed by atoms with Gasteiger partial charge in [-0.2, -0.15) is 8.62 Å². The first-order valence-corrected chi connectivity index (χ1v) is 6.83. The Morgan fingerprint density at radius 1 is 0.733 bits per heavy atom. The molecule has 0 fully saturated rings. The molecule has 0 radical (unpaired) electrons. The largest absolute Gasteiger partial charge is 0.490 e. The number of hydrogen-bond donors (Lipinski definition) is 5. The molecule has 0 aromatic carbocycles. The van der Waals surface area contributed by atoms with Gasteiger partial charge in [-0.15, -0.1) is 0 Å². The van der Waals surface area contributed by atoms with Crippen molar-refractivity contribution in [3.8, 4) is 0 Å². The third-order valence-electron chi connectivity index (χ3n) is 0.419. The minimum Gasteiger partial charge on any atom is -0.302 e. The van der Waals surface area contributed by atoms with Crippen LogP contribution in [0.25, 0.3) is 0 Å². The maximum atomic E-state index is 10.4. The fourth-order valence-corrected chi connectivity index (χ4v) is 2.82. The summed E-state index contributed by atoms with van der Waals surface area (Å²) < 4.78 is 36.4. The molecule has 0 aromatic rings. The molecule has 0 amide bonds. The summed E-state index contributed by atoms with van der Waals surface area (Å²) in [6.45, 7) is 0. The van der Waals surface area contributed by atoms with Crippen LogP contribution < -0.4 is 0 Å². The first-order chi connectivity index (χ1) is 5.41. The van der Waals surface area contributed by atoms with Gasteiger partial charge in [0.05, 0.1) is 0 Å². The van der Waals surface area contributed by atoms with Crippen molar-refractivity contribution in [1.82, 2.24) is 0 Å². The van der Waals surface area contributed by atoms with Crippen molar-refractivity contribution >= 4 is 40.8 Å². The summed E-state index contributed by atoms with van der Waals surface area (Å²) in [5, 5.41) is 0. The third-order valence-corrected chi connectivity index (χ3v) is 3.77. The van der Waals surface area contributed by atoms with Crippen LogP contribution in [0.15, 0.2) is 0 Å². The van der Waals surface area contributed by atoms with E-state index in [1.807, 2.05) is 0 Å². The van der Waals surface area contributed by atoms with Crippen LogP contribution in [0.2, 0.25) is 0 Å². The standard InChI is InChI=1S/Al.Cr.H5O10P3.3H/c;;1-11(2,3)9-13(7,8)10-12(4,5)6;;;/h;;(H,7,8)(H2,1,2,3)(H2,4,5,6);;;. The Bertz CT molecular complexity index is 283. The average molecular weight is 340 g/mol. The maximum Gasteiger partial charge on any atom is 0.490 e. The first kappa shape index (κ1) is 21.7. The predicted octanol–water partition coefficient (Wildman–Crippen LogP) is -1.88. The van der Waals surface area contributed by atoms with Crippen molar-refractivity contribution in [2.45, 2.75) is 0 Å². The molecule has 0 bridgehead atoms. The fraction of sp³-hybridized carbons (Fsp3) is 0. The molecular formula is H8AlCrO10P3. The van der Waals surface area contributed by atoms with Crippen LogP contribution in [-0.4, -0.2) is 41.8 Å². The molecule has 0 aliphatic rings. The average Bonchev–Trinajstić information content (AvgIpc) is 1.43. The van der Waals surface area contributed by atoms with Gasteiger partial charge >= 0.3 is 23.5 Å². The number of phosphoric acid groups is 3. The monoisotopic (exact) mass is 340 g/mol. The molecule has 15 heavy (non-hydrogen) atoms. The van der Waals surface area contributed by atoms with Crippen LogP contribution >= 0.6 is 23.5 Å². The molecule has 0 aliphatic heterocycles. The van der Waals surface area contributed by atoms with Gasteiger partial charge in [-0.1, -0.05) is 0 Å². The summed E-state index contributed by atoms with van der Waals surface area (Å²) in [6.07, 6.45) is 0. The molecule has 0 saturated heterocycles. The zero-order chi connectivity index (χ0) is 10.9. The van der Waals surface area contributed by atoms with Crippen LogP contribution in [0.1, 0.15) is 0 Å². The second-order valence-corrected chi connectivity index (χ2v) is 5.82. The van der Waals surface area contributed by atoms with Crippen LogP contribution in [0.4, 0.5) is 0 Å². The second-order valence-electron chi connectivity index (χ2n) is 1.61. The molecule has 0 aliphatic carbocycles. The zero-order valence-electron chi connectivity index (χ0n) is 6.03. The topological polar surface area (TPSA) is 171 Å². The summed E-state index contributed by atoms with van der Waals surface area (Å²) in [6, 6.07) is 0. The van der Waals surface area contributed by atoms with E-state index in [-0.39, 0.29) is 34.7 Å². The van der Waals surface area contributed by atoms with E-state index >= 15 is 0 Å². The van der Waals surface area contributed by atoms with E-state index < -0.39 is 23.5 Å². The molecule has 0 atom stereocenters. The van der Waals surface area contributed by atoms with Gasteiger partial charge in [-0.3, -0.25) is 0 Å². The Balaban J connectivity index is -0.000000720. The summed E-state index contributed by atoms with van der Waals surface area (Å²) >= 11 is 0. The van der Waals surface area contributed by atoms with Crippen molar-refractivity contribution < 1.29 is 64.1 Å². The van der Waals surface area contributed by atoms with Gasteiger partial charge < -0.3 is 24.5 Å².